The topological polar surface area (TPSA) is 83.7 Å². The first-order valence-corrected chi connectivity index (χ1v) is 7.52. The Bertz CT molecular complexity index is 535. The lowest BCUT2D eigenvalue weighted by Crippen LogP contribution is -2.29. The molecule has 1 fully saturated rings. The number of hydrogen-bond donors (Lipinski definition) is 1. The standard InChI is InChI=1S/C13H16N2O4S/c1-20-10-2-3-12(15(18)19)11(6-10)13(17)14-5-4-9(7-14)8-16/h2-3,6,9,16H,4-5,7-8H2,1H3. The van der Waals surface area contributed by atoms with Crippen LogP contribution in [0.15, 0.2) is 23.1 Å². The molecule has 1 atom stereocenters. The maximum atomic E-state index is 12.4. The highest BCUT2D eigenvalue weighted by Gasteiger charge is 2.30. The van der Waals surface area contributed by atoms with Crippen molar-refractivity contribution in [2.45, 2.75) is 11.3 Å². The number of likely N-dealkylation sites (tertiary alicyclic amines) is 1. The Morgan fingerprint density at radius 3 is 2.90 bits per heavy atom. The summed E-state index contributed by atoms with van der Waals surface area (Å²) in [5.41, 5.74) is -0.0410. The third-order valence-corrected chi connectivity index (χ3v) is 4.19. The fourth-order valence-electron chi connectivity index (χ4n) is 2.31. The Labute approximate surface area is 120 Å². The van der Waals surface area contributed by atoms with Gasteiger partial charge in [0.1, 0.15) is 5.56 Å². The molecule has 1 aromatic carbocycles. The number of hydrogen-bond acceptors (Lipinski definition) is 5. The van der Waals surface area contributed by atoms with Crippen molar-refractivity contribution in [3.8, 4) is 0 Å². The summed E-state index contributed by atoms with van der Waals surface area (Å²) < 4.78 is 0. The van der Waals surface area contributed by atoms with Gasteiger partial charge in [-0.15, -0.1) is 11.8 Å². The summed E-state index contributed by atoms with van der Waals surface area (Å²) in [6.07, 6.45) is 2.59. The second-order valence-corrected chi connectivity index (χ2v) is 5.61. The van der Waals surface area contributed by atoms with E-state index >= 15 is 0 Å². The van der Waals surface area contributed by atoms with Crippen molar-refractivity contribution in [1.82, 2.24) is 4.90 Å². The van der Waals surface area contributed by atoms with Crippen LogP contribution in [0.2, 0.25) is 0 Å². The van der Waals surface area contributed by atoms with Crippen LogP contribution in [0.25, 0.3) is 0 Å². The van der Waals surface area contributed by atoms with E-state index < -0.39 is 4.92 Å². The van der Waals surface area contributed by atoms with Crippen molar-refractivity contribution in [3.05, 3.63) is 33.9 Å². The van der Waals surface area contributed by atoms with E-state index in [1.165, 1.54) is 17.8 Å². The molecule has 6 nitrogen and oxygen atoms in total. The Balaban J connectivity index is 2.30. The van der Waals surface area contributed by atoms with E-state index in [4.69, 9.17) is 5.11 Å². The zero-order valence-corrected chi connectivity index (χ0v) is 11.9. The van der Waals surface area contributed by atoms with Crippen LogP contribution in [-0.2, 0) is 0 Å². The Kier molecular flexibility index (Phi) is 4.61. The van der Waals surface area contributed by atoms with Crippen LogP contribution in [0.5, 0.6) is 0 Å². The fraction of sp³-hybridized carbons (Fsp3) is 0.462. The Hall–Kier alpha value is -1.60. The maximum absolute atomic E-state index is 12.4. The van der Waals surface area contributed by atoms with Gasteiger partial charge in [0.05, 0.1) is 4.92 Å². The average molecular weight is 296 g/mol. The smallest absolute Gasteiger partial charge is 0.282 e. The van der Waals surface area contributed by atoms with Gasteiger partial charge >= 0.3 is 0 Å². The molecule has 0 aliphatic carbocycles. The molecule has 1 aliphatic heterocycles. The lowest BCUT2D eigenvalue weighted by Gasteiger charge is -2.16. The molecule has 0 radical (unpaired) electrons. The zero-order valence-electron chi connectivity index (χ0n) is 11.1. The molecule has 0 spiro atoms. The third kappa shape index (κ3) is 2.94. The van der Waals surface area contributed by atoms with Crippen molar-refractivity contribution < 1.29 is 14.8 Å². The first-order valence-electron chi connectivity index (χ1n) is 6.29. The number of nitro groups is 1. The first-order chi connectivity index (χ1) is 9.56. The molecule has 1 aromatic rings. The lowest BCUT2D eigenvalue weighted by molar-refractivity contribution is -0.385. The number of benzene rings is 1. The molecule has 1 aliphatic rings. The summed E-state index contributed by atoms with van der Waals surface area (Å²) in [5.74, 6) is -0.259. The highest BCUT2D eigenvalue weighted by molar-refractivity contribution is 7.98. The molecule has 108 valence electrons. The molecule has 1 heterocycles. The van der Waals surface area contributed by atoms with E-state index in [1.807, 2.05) is 6.26 Å². The van der Waals surface area contributed by atoms with Gasteiger partial charge in [-0.25, -0.2) is 0 Å². The summed E-state index contributed by atoms with van der Waals surface area (Å²) in [5, 5.41) is 20.2. The van der Waals surface area contributed by atoms with E-state index in [0.717, 1.165) is 11.3 Å². The van der Waals surface area contributed by atoms with Crippen LogP contribution in [0.3, 0.4) is 0 Å². The van der Waals surface area contributed by atoms with Gasteiger partial charge in [0.15, 0.2) is 0 Å². The molecule has 0 bridgehead atoms. The molecule has 1 N–H and O–H groups in total. The summed E-state index contributed by atoms with van der Waals surface area (Å²) in [7, 11) is 0. The van der Waals surface area contributed by atoms with Gasteiger partial charge in [0, 0.05) is 36.6 Å². The van der Waals surface area contributed by atoms with E-state index in [-0.39, 0.29) is 29.7 Å². The number of carbonyl (C=O) groups is 1. The molecule has 1 amide bonds. The number of aliphatic hydroxyl groups excluding tert-OH is 1. The van der Waals surface area contributed by atoms with Gasteiger partial charge in [-0.2, -0.15) is 0 Å². The predicted octanol–water partition coefficient (Wildman–Crippen LogP) is 1.77. The monoisotopic (exact) mass is 296 g/mol. The second-order valence-electron chi connectivity index (χ2n) is 4.73. The number of carbonyl (C=O) groups excluding carboxylic acids is 1. The van der Waals surface area contributed by atoms with Crippen LogP contribution < -0.4 is 0 Å². The van der Waals surface area contributed by atoms with E-state index in [1.54, 1.807) is 17.0 Å². The minimum absolute atomic E-state index is 0.0384. The number of amides is 1. The minimum Gasteiger partial charge on any atom is -0.396 e. The number of nitro benzene ring substituents is 1. The number of rotatable bonds is 4. The number of nitrogens with zero attached hydrogens (tertiary/aromatic N) is 2. The van der Waals surface area contributed by atoms with Crippen LogP contribution in [0.4, 0.5) is 5.69 Å². The van der Waals surface area contributed by atoms with Gasteiger partial charge in [-0.3, -0.25) is 14.9 Å². The van der Waals surface area contributed by atoms with Crippen molar-refractivity contribution in [3.63, 3.8) is 0 Å². The molecule has 1 saturated heterocycles. The molecule has 0 aromatic heterocycles. The van der Waals surface area contributed by atoms with E-state index in [2.05, 4.69) is 0 Å². The van der Waals surface area contributed by atoms with Crippen LogP contribution >= 0.6 is 11.8 Å². The van der Waals surface area contributed by atoms with Gasteiger partial charge in [-0.05, 0) is 24.8 Å². The van der Waals surface area contributed by atoms with Gasteiger partial charge < -0.3 is 10.0 Å². The number of aliphatic hydroxyl groups is 1. The van der Waals surface area contributed by atoms with Gasteiger partial charge in [0.2, 0.25) is 0 Å². The van der Waals surface area contributed by atoms with Crippen molar-refractivity contribution in [2.75, 3.05) is 26.0 Å². The zero-order chi connectivity index (χ0) is 14.7. The second kappa shape index (κ2) is 6.23. The van der Waals surface area contributed by atoms with Crippen LogP contribution in [0, 0.1) is 16.0 Å². The maximum Gasteiger partial charge on any atom is 0.282 e. The Morgan fingerprint density at radius 2 is 2.35 bits per heavy atom. The highest BCUT2D eigenvalue weighted by Crippen LogP contribution is 2.27. The molecule has 0 saturated carbocycles. The first kappa shape index (κ1) is 14.8. The summed E-state index contributed by atoms with van der Waals surface area (Å²) >= 11 is 1.44. The molecular formula is C13H16N2O4S. The molecule has 2 rings (SSSR count). The Morgan fingerprint density at radius 1 is 1.60 bits per heavy atom. The van der Waals surface area contributed by atoms with Crippen molar-refractivity contribution >= 4 is 23.4 Å². The summed E-state index contributed by atoms with van der Waals surface area (Å²) in [6, 6.07) is 4.58. The van der Waals surface area contributed by atoms with Crippen LogP contribution in [-0.4, -0.2) is 46.8 Å². The fourth-order valence-corrected chi connectivity index (χ4v) is 2.75. The van der Waals surface area contributed by atoms with Crippen molar-refractivity contribution in [2.24, 2.45) is 5.92 Å². The van der Waals surface area contributed by atoms with E-state index in [0.29, 0.717) is 13.1 Å². The number of thioether (sulfide) groups is 1. The highest BCUT2D eigenvalue weighted by atomic mass is 32.2. The minimum atomic E-state index is -0.531. The normalized spacial score (nSPS) is 18.3. The largest absolute Gasteiger partial charge is 0.396 e. The lowest BCUT2D eigenvalue weighted by atomic mass is 10.1. The molecule has 20 heavy (non-hydrogen) atoms. The summed E-state index contributed by atoms with van der Waals surface area (Å²) in [4.78, 5) is 25.3. The van der Waals surface area contributed by atoms with Gasteiger partial charge in [-0.1, -0.05) is 0 Å². The molecule has 1 unspecified atom stereocenters. The molecular weight excluding hydrogens is 280 g/mol. The molecule has 7 heteroatoms. The third-order valence-electron chi connectivity index (χ3n) is 3.46. The predicted molar refractivity (Wildman–Crippen MR) is 76.0 cm³/mol. The van der Waals surface area contributed by atoms with Crippen molar-refractivity contribution in [1.29, 1.82) is 0 Å². The van der Waals surface area contributed by atoms with E-state index in [9.17, 15) is 14.9 Å². The quantitative estimate of drug-likeness (QED) is 0.520. The SMILES string of the molecule is CSc1ccc([N+](=O)[O-])c(C(=O)N2CCC(CO)C2)c1. The van der Waals surface area contributed by atoms with Crippen LogP contribution in [0.1, 0.15) is 16.8 Å². The summed E-state index contributed by atoms with van der Waals surface area (Å²) in [6.45, 7) is 1.03. The average Bonchev–Trinajstić information content (AvgIpc) is 2.94. The van der Waals surface area contributed by atoms with Gasteiger partial charge in [0.25, 0.3) is 11.6 Å².